The van der Waals surface area contributed by atoms with E-state index in [-0.39, 0.29) is 5.56 Å². The molecule has 0 saturated carbocycles. The van der Waals surface area contributed by atoms with Crippen LogP contribution < -0.4 is 16.6 Å². The molecule has 0 aliphatic carbocycles. The molecule has 2 aromatic rings. The molecule has 0 atom stereocenters. The van der Waals surface area contributed by atoms with Crippen LogP contribution in [0.1, 0.15) is 5.69 Å². The zero-order chi connectivity index (χ0) is 12.8. The number of anilines is 1. The summed E-state index contributed by atoms with van der Waals surface area (Å²) >= 11 is 0. The molecule has 0 aliphatic heterocycles. The molecule has 94 valence electrons. The van der Waals surface area contributed by atoms with Crippen molar-refractivity contribution in [3.8, 4) is 0 Å². The number of nitrogens with two attached hydrogens (primary N) is 1. The molecular formula is C12H15N5O. The first-order valence-electron chi connectivity index (χ1n) is 5.70. The van der Waals surface area contributed by atoms with Crippen LogP contribution in [0.15, 0.2) is 41.5 Å². The molecule has 6 heteroatoms. The number of hydrogen-bond donors (Lipinski definition) is 2. The van der Waals surface area contributed by atoms with E-state index in [9.17, 15) is 4.79 Å². The zero-order valence-electron chi connectivity index (χ0n) is 9.91. The summed E-state index contributed by atoms with van der Waals surface area (Å²) in [5.74, 6) is 0. The highest BCUT2D eigenvalue weighted by Crippen LogP contribution is 2.00. The fraction of sp³-hybridized carbons (Fsp3) is 0.250. The summed E-state index contributed by atoms with van der Waals surface area (Å²) in [6.45, 7) is 1.50. The average Bonchev–Trinajstić information content (AvgIpc) is 2.40. The Bertz CT molecular complexity index is 552. The minimum Gasteiger partial charge on any atom is -0.382 e. The molecule has 0 fully saturated rings. The van der Waals surface area contributed by atoms with Gasteiger partial charge < -0.3 is 11.1 Å². The van der Waals surface area contributed by atoms with E-state index in [1.54, 1.807) is 12.4 Å². The third-order valence-corrected chi connectivity index (χ3v) is 2.38. The Kier molecular flexibility index (Phi) is 4.03. The first kappa shape index (κ1) is 12.3. The molecule has 0 unspecified atom stereocenters. The minimum atomic E-state index is -0.164. The predicted octanol–water partition coefficient (Wildman–Crippen LogP) is 0.0572. The van der Waals surface area contributed by atoms with Gasteiger partial charge in [0.05, 0.1) is 24.1 Å². The maximum atomic E-state index is 11.8. The highest BCUT2D eigenvalue weighted by atomic mass is 16.1. The normalized spacial score (nSPS) is 10.3. The van der Waals surface area contributed by atoms with E-state index < -0.39 is 0 Å². The monoisotopic (exact) mass is 245 g/mol. The van der Waals surface area contributed by atoms with Crippen LogP contribution in [0.3, 0.4) is 0 Å². The van der Waals surface area contributed by atoms with Gasteiger partial charge in [0.1, 0.15) is 0 Å². The van der Waals surface area contributed by atoms with Crippen molar-refractivity contribution in [2.75, 3.05) is 18.4 Å². The van der Waals surface area contributed by atoms with Crippen LogP contribution in [0.4, 0.5) is 5.69 Å². The van der Waals surface area contributed by atoms with Crippen molar-refractivity contribution in [3.63, 3.8) is 0 Å². The van der Waals surface area contributed by atoms with Gasteiger partial charge in [-0.2, -0.15) is 5.10 Å². The smallest absolute Gasteiger partial charge is 0.269 e. The van der Waals surface area contributed by atoms with Crippen molar-refractivity contribution in [2.24, 2.45) is 5.73 Å². The minimum absolute atomic E-state index is 0.164. The standard InChI is InChI=1S/C12H15N5O/c13-4-6-15-11-7-12(18)17(16-8-11)9-10-3-1-2-5-14-10/h1-3,5,7-8,15H,4,6,9,13H2. The molecule has 18 heavy (non-hydrogen) atoms. The number of pyridine rings is 1. The van der Waals surface area contributed by atoms with Gasteiger partial charge in [-0.05, 0) is 12.1 Å². The van der Waals surface area contributed by atoms with Crippen molar-refractivity contribution in [3.05, 3.63) is 52.7 Å². The first-order valence-corrected chi connectivity index (χ1v) is 5.70. The number of rotatable bonds is 5. The maximum Gasteiger partial charge on any atom is 0.269 e. The van der Waals surface area contributed by atoms with Gasteiger partial charge >= 0.3 is 0 Å². The molecule has 0 amide bonds. The lowest BCUT2D eigenvalue weighted by atomic mass is 10.3. The molecule has 2 heterocycles. The Labute approximate surface area is 104 Å². The fourth-order valence-electron chi connectivity index (χ4n) is 1.51. The maximum absolute atomic E-state index is 11.8. The van der Waals surface area contributed by atoms with Crippen LogP contribution in [0, 0.1) is 0 Å². The number of hydrogen-bond acceptors (Lipinski definition) is 5. The molecule has 3 N–H and O–H groups in total. The molecule has 0 saturated heterocycles. The van der Waals surface area contributed by atoms with Crippen LogP contribution in [0.25, 0.3) is 0 Å². The van der Waals surface area contributed by atoms with Crippen LogP contribution in [-0.4, -0.2) is 27.9 Å². The lowest BCUT2D eigenvalue weighted by molar-refractivity contribution is 0.628. The molecule has 2 rings (SSSR count). The second kappa shape index (κ2) is 5.92. The van der Waals surface area contributed by atoms with Gasteiger partial charge in [0.25, 0.3) is 5.56 Å². The highest BCUT2D eigenvalue weighted by molar-refractivity contribution is 5.38. The van der Waals surface area contributed by atoms with Gasteiger partial charge in [-0.3, -0.25) is 9.78 Å². The first-order chi connectivity index (χ1) is 8.79. The Morgan fingerprint density at radius 3 is 2.94 bits per heavy atom. The van der Waals surface area contributed by atoms with Crippen molar-refractivity contribution in [2.45, 2.75) is 6.54 Å². The van der Waals surface area contributed by atoms with E-state index in [2.05, 4.69) is 15.4 Å². The van der Waals surface area contributed by atoms with Gasteiger partial charge in [0, 0.05) is 25.4 Å². The largest absolute Gasteiger partial charge is 0.382 e. The van der Waals surface area contributed by atoms with Crippen molar-refractivity contribution in [1.29, 1.82) is 0 Å². The molecule has 2 aromatic heterocycles. The lowest BCUT2D eigenvalue weighted by Crippen LogP contribution is -2.24. The third kappa shape index (κ3) is 3.14. The van der Waals surface area contributed by atoms with Gasteiger partial charge in [-0.25, -0.2) is 4.68 Å². The van der Waals surface area contributed by atoms with Gasteiger partial charge in [0.15, 0.2) is 0 Å². The van der Waals surface area contributed by atoms with Crippen LogP contribution >= 0.6 is 0 Å². The van der Waals surface area contributed by atoms with E-state index in [0.717, 1.165) is 5.69 Å². The average molecular weight is 245 g/mol. The predicted molar refractivity (Wildman–Crippen MR) is 69.4 cm³/mol. The van der Waals surface area contributed by atoms with E-state index in [4.69, 9.17) is 5.73 Å². The van der Waals surface area contributed by atoms with Crippen molar-refractivity contribution < 1.29 is 0 Å². The molecule has 0 spiro atoms. The summed E-state index contributed by atoms with van der Waals surface area (Å²) in [5.41, 5.74) is 6.69. The van der Waals surface area contributed by atoms with Crippen molar-refractivity contribution >= 4 is 5.69 Å². The molecule has 0 aliphatic rings. The molecule has 0 radical (unpaired) electrons. The summed E-state index contributed by atoms with van der Waals surface area (Å²) in [4.78, 5) is 16.0. The Morgan fingerprint density at radius 1 is 1.39 bits per heavy atom. The molecule has 6 nitrogen and oxygen atoms in total. The Hall–Kier alpha value is -2.21. The van der Waals surface area contributed by atoms with Gasteiger partial charge in [0.2, 0.25) is 0 Å². The van der Waals surface area contributed by atoms with E-state index in [1.165, 1.54) is 10.7 Å². The summed E-state index contributed by atoms with van der Waals surface area (Å²) in [5, 5.41) is 7.10. The topological polar surface area (TPSA) is 85.8 Å². The second-order valence-corrected chi connectivity index (χ2v) is 3.78. The number of nitrogens with zero attached hydrogens (tertiary/aromatic N) is 3. The SMILES string of the molecule is NCCNc1cnn(Cc2ccccn2)c(=O)c1. The van der Waals surface area contributed by atoms with Gasteiger partial charge in [-0.1, -0.05) is 6.07 Å². The summed E-state index contributed by atoms with van der Waals surface area (Å²) in [6.07, 6.45) is 3.30. The lowest BCUT2D eigenvalue weighted by Gasteiger charge is -2.06. The highest BCUT2D eigenvalue weighted by Gasteiger charge is 2.01. The molecule has 0 aromatic carbocycles. The van der Waals surface area contributed by atoms with Crippen LogP contribution in [0.2, 0.25) is 0 Å². The van der Waals surface area contributed by atoms with E-state index in [0.29, 0.717) is 25.3 Å². The fourth-order valence-corrected chi connectivity index (χ4v) is 1.51. The molecular weight excluding hydrogens is 230 g/mol. The van der Waals surface area contributed by atoms with Crippen molar-refractivity contribution in [1.82, 2.24) is 14.8 Å². The second-order valence-electron chi connectivity index (χ2n) is 3.78. The Morgan fingerprint density at radius 2 is 2.28 bits per heavy atom. The van der Waals surface area contributed by atoms with E-state index >= 15 is 0 Å². The summed E-state index contributed by atoms with van der Waals surface area (Å²) in [6, 6.07) is 7.07. The summed E-state index contributed by atoms with van der Waals surface area (Å²) in [7, 11) is 0. The van der Waals surface area contributed by atoms with Crippen LogP contribution in [0.5, 0.6) is 0 Å². The molecule has 0 bridgehead atoms. The summed E-state index contributed by atoms with van der Waals surface area (Å²) < 4.78 is 1.37. The zero-order valence-corrected chi connectivity index (χ0v) is 9.91. The Balaban J connectivity index is 2.13. The van der Waals surface area contributed by atoms with Gasteiger partial charge in [-0.15, -0.1) is 0 Å². The van der Waals surface area contributed by atoms with Crippen LogP contribution in [-0.2, 0) is 6.54 Å². The quantitative estimate of drug-likeness (QED) is 0.777. The van der Waals surface area contributed by atoms with E-state index in [1.807, 2.05) is 18.2 Å². The number of aromatic nitrogens is 3. The third-order valence-electron chi connectivity index (χ3n) is 2.38. The number of nitrogens with one attached hydrogen (secondary N) is 1.